The number of amides is 1. The molecule has 118 valence electrons. The van der Waals surface area contributed by atoms with E-state index in [4.69, 9.17) is 10.5 Å². The highest BCUT2D eigenvalue weighted by Gasteiger charge is 2.11. The van der Waals surface area contributed by atoms with E-state index in [1.165, 1.54) is 0 Å². The molecule has 6 heteroatoms. The van der Waals surface area contributed by atoms with Crippen LogP contribution in [0.3, 0.4) is 0 Å². The van der Waals surface area contributed by atoms with Gasteiger partial charge in [-0.25, -0.2) is 0 Å². The van der Waals surface area contributed by atoms with E-state index in [0.29, 0.717) is 29.2 Å². The number of halogens is 1. The maximum atomic E-state index is 12.3. The fourth-order valence-corrected chi connectivity index (χ4v) is 1.85. The predicted octanol–water partition coefficient (Wildman–Crippen LogP) is 3.00. The van der Waals surface area contributed by atoms with Crippen LogP contribution in [0.5, 0.6) is 5.75 Å². The van der Waals surface area contributed by atoms with Gasteiger partial charge >= 0.3 is 0 Å². The molecule has 0 bridgehead atoms. The molecule has 0 atom stereocenters. The lowest BCUT2D eigenvalue weighted by Gasteiger charge is -2.14. The standard InChI is InChI=1S/C16H19N3O2.ClH/c1-11(2)21-15-6-4-3-5-14(15)19-16(20)12-7-8-18-13(9-12)10-17;/h3-9,11H,10,17H2,1-2H3,(H,19,20);1H. The van der Waals surface area contributed by atoms with Crippen molar-refractivity contribution in [1.29, 1.82) is 0 Å². The van der Waals surface area contributed by atoms with Crippen molar-refractivity contribution < 1.29 is 9.53 Å². The second kappa shape index (κ2) is 8.36. The number of rotatable bonds is 5. The molecule has 0 radical (unpaired) electrons. The summed E-state index contributed by atoms with van der Waals surface area (Å²) in [5.41, 5.74) is 7.37. The highest BCUT2D eigenvalue weighted by atomic mass is 35.5. The molecule has 1 aromatic heterocycles. The van der Waals surface area contributed by atoms with Crippen molar-refractivity contribution in [2.45, 2.75) is 26.5 Å². The number of aromatic nitrogens is 1. The number of para-hydroxylation sites is 2. The Kier molecular flexibility index (Phi) is 6.82. The van der Waals surface area contributed by atoms with E-state index in [-0.39, 0.29) is 24.4 Å². The lowest BCUT2D eigenvalue weighted by atomic mass is 10.2. The average molecular weight is 322 g/mol. The van der Waals surface area contributed by atoms with Crippen LogP contribution in [0, 0.1) is 0 Å². The highest BCUT2D eigenvalue weighted by Crippen LogP contribution is 2.25. The Morgan fingerprint density at radius 2 is 2.05 bits per heavy atom. The third kappa shape index (κ3) is 4.72. The molecule has 1 amide bonds. The van der Waals surface area contributed by atoms with Gasteiger partial charge in [0, 0.05) is 18.3 Å². The van der Waals surface area contributed by atoms with Crippen LogP contribution in [0.4, 0.5) is 5.69 Å². The first kappa shape index (κ1) is 17.9. The zero-order valence-electron chi connectivity index (χ0n) is 12.6. The number of anilines is 1. The number of carbonyl (C=O) groups is 1. The molecule has 0 aliphatic carbocycles. The van der Waals surface area contributed by atoms with Crippen molar-refractivity contribution in [3.05, 3.63) is 53.9 Å². The van der Waals surface area contributed by atoms with Gasteiger partial charge in [-0.05, 0) is 38.1 Å². The number of hydrogen-bond acceptors (Lipinski definition) is 4. The summed E-state index contributed by atoms with van der Waals surface area (Å²) in [6.07, 6.45) is 1.61. The molecule has 0 aliphatic rings. The third-order valence-corrected chi connectivity index (χ3v) is 2.79. The molecule has 0 spiro atoms. The summed E-state index contributed by atoms with van der Waals surface area (Å²) in [6.45, 7) is 4.18. The molecule has 0 aliphatic heterocycles. The molecule has 2 rings (SSSR count). The van der Waals surface area contributed by atoms with E-state index in [0.717, 1.165) is 0 Å². The maximum absolute atomic E-state index is 12.3. The van der Waals surface area contributed by atoms with Gasteiger partial charge in [0.25, 0.3) is 5.91 Å². The van der Waals surface area contributed by atoms with Crippen molar-refractivity contribution in [3.63, 3.8) is 0 Å². The summed E-state index contributed by atoms with van der Waals surface area (Å²) < 4.78 is 5.68. The van der Waals surface area contributed by atoms with Crippen LogP contribution < -0.4 is 15.8 Å². The fourth-order valence-electron chi connectivity index (χ4n) is 1.85. The summed E-state index contributed by atoms with van der Waals surface area (Å²) >= 11 is 0. The quantitative estimate of drug-likeness (QED) is 0.887. The van der Waals surface area contributed by atoms with Crippen molar-refractivity contribution >= 4 is 24.0 Å². The van der Waals surface area contributed by atoms with Gasteiger partial charge < -0.3 is 15.8 Å². The van der Waals surface area contributed by atoms with Crippen molar-refractivity contribution in [2.24, 2.45) is 5.73 Å². The van der Waals surface area contributed by atoms with Crippen LogP contribution in [0.15, 0.2) is 42.6 Å². The molecule has 2 aromatic rings. The maximum Gasteiger partial charge on any atom is 0.255 e. The molecule has 0 saturated heterocycles. The van der Waals surface area contributed by atoms with E-state index in [1.807, 2.05) is 32.0 Å². The summed E-state index contributed by atoms with van der Waals surface area (Å²) in [7, 11) is 0. The van der Waals surface area contributed by atoms with E-state index in [9.17, 15) is 4.79 Å². The largest absolute Gasteiger partial charge is 0.489 e. The van der Waals surface area contributed by atoms with Crippen molar-refractivity contribution in [1.82, 2.24) is 4.98 Å². The average Bonchev–Trinajstić information content (AvgIpc) is 2.48. The monoisotopic (exact) mass is 321 g/mol. The number of nitrogens with one attached hydrogen (secondary N) is 1. The van der Waals surface area contributed by atoms with Crippen LogP contribution >= 0.6 is 12.4 Å². The number of benzene rings is 1. The molecule has 1 aromatic carbocycles. The molecular formula is C16H20ClN3O2. The van der Waals surface area contributed by atoms with E-state index < -0.39 is 0 Å². The van der Waals surface area contributed by atoms with Gasteiger partial charge in [0.15, 0.2) is 0 Å². The van der Waals surface area contributed by atoms with Crippen LogP contribution in [-0.2, 0) is 6.54 Å². The minimum Gasteiger partial charge on any atom is -0.489 e. The minimum absolute atomic E-state index is 0. The summed E-state index contributed by atoms with van der Waals surface area (Å²) in [5, 5.41) is 2.85. The highest BCUT2D eigenvalue weighted by molar-refractivity contribution is 6.05. The van der Waals surface area contributed by atoms with Gasteiger partial charge in [0.05, 0.1) is 17.5 Å². The topological polar surface area (TPSA) is 77.2 Å². The Balaban J connectivity index is 0.00000242. The normalized spacial score (nSPS) is 10.0. The lowest BCUT2D eigenvalue weighted by molar-refractivity contribution is 0.102. The number of pyridine rings is 1. The summed E-state index contributed by atoms with van der Waals surface area (Å²) in [4.78, 5) is 16.4. The first-order valence-corrected chi connectivity index (χ1v) is 6.82. The van der Waals surface area contributed by atoms with Crippen LogP contribution in [0.2, 0.25) is 0 Å². The van der Waals surface area contributed by atoms with Crippen LogP contribution in [-0.4, -0.2) is 17.0 Å². The SMILES string of the molecule is CC(C)Oc1ccccc1NC(=O)c1ccnc(CN)c1.Cl. The first-order valence-electron chi connectivity index (χ1n) is 6.82. The van der Waals surface area contributed by atoms with E-state index in [1.54, 1.807) is 24.4 Å². The molecule has 5 nitrogen and oxygen atoms in total. The van der Waals surface area contributed by atoms with Crippen molar-refractivity contribution in [2.75, 3.05) is 5.32 Å². The van der Waals surface area contributed by atoms with Gasteiger partial charge in [-0.15, -0.1) is 12.4 Å². The van der Waals surface area contributed by atoms with Gasteiger partial charge in [-0.3, -0.25) is 9.78 Å². The minimum atomic E-state index is -0.216. The number of hydrogen-bond donors (Lipinski definition) is 2. The van der Waals surface area contributed by atoms with E-state index in [2.05, 4.69) is 10.3 Å². The van der Waals surface area contributed by atoms with Gasteiger partial charge in [0.1, 0.15) is 5.75 Å². The predicted molar refractivity (Wildman–Crippen MR) is 89.5 cm³/mol. The third-order valence-electron chi connectivity index (χ3n) is 2.79. The Morgan fingerprint density at radius 3 is 2.73 bits per heavy atom. The van der Waals surface area contributed by atoms with Gasteiger partial charge in [-0.2, -0.15) is 0 Å². The molecule has 22 heavy (non-hydrogen) atoms. The summed E-state index contributed by atoms with van der Waals surface area (Å²) in [5.74, 6) is 0.431. The zero-order valence-corrected chi connectivity index (χ0v) is 13.4. The molecule has 1 heterocycles. The van der Waals surface area contributed by atoms with E-state index >= 15 is 0 Å². The number of nitrogens with two attached hydrogens (primary N) is 1. The Hall–Kier alpha value is -2.11. The van der Waals surface area contributed by atoms with Gasteiger partial charge in [-0.1, -0.05) is 12.1 Å². The molecule has 0 unspecified atom stereocenters. The Morgan fingerprint density at radius 1 is 1.32 bits per heavy atom. The van der Waals surface area contributed by atoms with Gasteiger partial charge in [0.2, 0.25) is 0 Å². The Labute approximate surface area is 136 Å². The fraction of sp³-hybridized carbons (Fsp3) is 0.250. The number of ether oxygens (including phenoxy) is 1. The molecular weight excluding hydrogens is 302 g/mol. The number of carbonyl (C=O) groups excluding carboxylic acids is 1. The molecule has 3 N–H and O–H groups in total. The second-order valence-electron chi connectivity index (χ2n) is 4.86. The van der Waals surface area contributed by atoms with Crippen LogP contribution in [0.1, 0.15) is 29.9 Å². The molecule has 0 fully saturated rings. The first-order chi connectivity index (χ1) is 10.1. The molecule has 0 saturated carbocycles. The van der Waals surface area contributed by atoms with Crippen molar-refractivity contribution in [3.8, 4) is 5.75 Å². The smallest absolute Gasteiger partial charge is 0.255 e. The lowest BCUT2D eigenvalue weighted by Crippen LogP contribution is -2.15. The summed E-state index contributed by atoms with van der Waals surface area (Å²) in [6, 6.07) is 10.7. The number of nitrogens with zero attached hydrogens (tertiary/aromatic N) is 1. The zero-order chi connectivity index (χ0) is 15.2. The Bertz CT molecular complexity index is 632. The second-order valence-corrected chi connectivity index (χ2v) is 4.86. The van der Waals surface area contributed by atoms with Crippen LogP contribution in [0.25, 0.3) is 0 Å².